The quantitative estimate of drug-likeness (QED) is 0.883. The van der Waals surface area contributed by atoms with Gasteiger partial charge in [-0.2, -0.15) is 13.7 Å². The summed E-state index contributed by atoms with van der Waals surface area (Å²) >= 11 is 0.977. The zero-order valence-corrected chi connectivity index (χ0v) is 9.61. The molecule has 0 saturated heterocycles. The molecule has 0 aliphatic rings. The predicted molar refractivity (Wildman–Crippen MR) is 58.5 cm³/mol. The first kappa shape index (κ1) is 10.7. The van der Waals surface area contributed by atoms with Crippen molar-refractivity contribution in [3.8, 4) is 0 Å². The number of carbonyl (C=O) groups excluding carboxylic acids is 1. The van der Waals surface area contributed by atoms with Gasteiger partial charge in [0.05, 0.1) is 23.6 Å². The van der Waals surface area contributed by atoms with E-state index in [9.17, 15) is 4.79 Å². The fraction of sp³-hybridized carbons (Fsp3) is 0.333. The van der Waals surface area contributed by atoms with E-state index < -0.39 is 0 Å². The van der Waals surface area contributed by atoms with E-state index >= 15 is 0 Å². The van der Waals surface area contributed by atoms with Crippen LogP contribution in [-0.2, 0) is 0 Å². The zero-order valence-electron chi connectivity index (χ0n) is 8.80. The Hall–Kier alpha value is -1.76. The Bertz CT molecular complexity index is 477. The molecule has 7 heteroatoms. The van der Waals surface area contributed by atoms with Crippen LogP contribution >= 0.6 is 11.7 Å². The monoisotopic (exact) mass is 238 g/mol. The Balaban J connectivity index is 2.07. The Morgan fingerprint density at radius 3 is 2.94 bits per heavy atom. The number of nitrogens with zero attached hydrogens (tertiary/aromatic N) is 3. The van der Waals surface area contributed by atoms with Crippen molar-refractivity contribution in [3.05, 3.63) is 23.8 Å². The molecule has 0 spiro atoms. The van der Waals surface area contributed by atoms with Crippen molar-refractivity contribution in [2.45, 2.75) is 19.8 Å². The summed E-state index contributed by atoms with van der Waals surface area (Å²) in [5, 5.41) is 2.51. The van der Waals surface area contributed by atoms with Gasteiger partial charge in [0, 0.05) is 0 Å². The Labute approximate surface area is 96.0 Å². The highest BCUT2D eigenvalue weighted by molar-refractivity contribution is 6.99. The van der Waals surface area contributed by atoms with Gasteiger partial charge < -0.3 is 4.42 Å². The van der Waals surface area contributed by atoms with Crippen LogP contribution < -0.4 is 5.32 Å². The number of aromatic nitrogens is 3. The van der Waals surface area contributed by atoms with Crippen molar-refractivity contribution < 1.29 is 9.21 Å². The van der Waals surface area contributed by atoms with Gasteiger partial charge in [0.15, 0.2) is 5.69 Å². The number of nitrogens with one attached hydrogen (secondary N) is 1. The smallest absolute Gasteiger partial charge is 0.301 e. The summed E-state index contributed by atoms with van der Waals surface area (Å²) in [6.45, 7) is 3.99. The molecule has 2 aromatic rings. The van der Waals surface area contributed by atoms with Crippen molar-refractivity contribution in [2.24, 2.45) is 0 Å². The van der Waals surface area contributed by atoms with E-state index in [-0.39, 0.29) is 23.5 Å². The molecule has 16 heavy (non-hydrogen) atoms. The van der Waals surface area contributed by atoms with Gasteiger partial charge >= 0.3 is 6.01 Å². The van der Waals surface area contributed by atoms with E-state index in [2.05, 4.69) is 19.0 Å². The summed E-state index contributed by atoms with van der Waals surface area (Å²) in [4.78, 5) is 15.7. The molecule has 0 aliphatic carbocycles. The molecule has 0 fully saturated rings. The Morgan fingerprint density at radius 2 is 2.38 bits per heavy atom. The van der Waals surface area contributed by atoms with Crippen LogP contribution in [0.1, 0.15) is 35.9 Å². The summed E-state index contributed by atoms with van der Waals surface area (Å²) in [5.41, 5.74) is 1.06. The third-order valence-corrected chi connectivity index (χ3v) is 2.41. The Morgan fingerprint density at radius 1 is 1.56 bits per heavy atom. The maximum absolute atomic E-state index is 11.5. The van der Waals surface area contributed by atoms with Gasteiger partial charge in [0.25, 0.3) is 5.91 Å². The topological polar surface area (TPSA) is 80.9 Å². The largest absolute Gasteiger partial charge is 0.432 e. The van der Waals surface area contributed by atoms with Crippen LogP contribution in [0.2, 0.25) is 0 Å². The van der Waals surface area contributed by atoms with E-state index in [1.54, 1.807) is 0 Å². The van der Waals surface area contributed by atoms with E-state index in [0.29, 0.717) is 0 Å². The lowest BCUT2D eigenvalue weighted by Gasteiger charge is -1.96. The van der Waals surface area contributed by atoms with Crippen molar-refractivity contribution >= 4 is 23.7 Å². The molecule has 84 valence electrons. The number of anilines is 1. The number of carbonyl (C=O) groups is 1. The second-order valence-electron chi connectivity index (χ2n) is 3.48. The van der Waals surface area contributed by atoms with Gasteiger partial charge in [-0.15, -0.1) is 0 Å². The third-order valence-electron chi connectivity index (χ3n) is 1.93. The average Bonchev–Trinajstić information content (AvgIpc) is 2.87. The van der Waals surface area contributed by atoms with Crippen LogP contribution in [0.3, 0.4) is 0 Å². The highest BCUT2D eigenvalue weighted by atomic mass is 32.1. The molecule has 0 atom stereocenters. The number of hydrogen-bond donors (Lipinski definition) is 1. The molecular formula is C9H10N4O2S. The third kappa shape index (κ3) is 2.25. The summed E-state index contributed by atoms with van der Waals surface area (Å²) in [7, 11) is 0. The molecule has 0 bridgehead atoms. The van der Waals surface area contributed by atoms with Crippen molar-refractivity contribution in [1.82, 2.24) is 13.7 Å². The fourth-order valence-corrected chi connectivity index (χ4v) is 1.45. The highest BCUT2D eigenvalue weighted by Crippen LogP contribution is 2.16. The minimum atomic E-state index is -0.370. The predicted octanol–water partition coefficient (Wildman–Crippen LogP) is 1.90. The highest BCUT2D eigenvalue weighted by Gasteiger charge is 2.13. The number of rotatable bonds is 3. The molecule has 2 rings (SSSR count). The first-order valence-electron chi connectivity index (χ1n) is 4.71. The van der Waals surface area contributed by atoms with E-state index in [1.807, 2.05) is 13.8 Å². The maximum Gasteiger partial charge on any atom is 0.301 e. The molecule has 0 saturated carbocycles. The minimum Gasteiger partial charge on any atom is -0.432 e. The van der Waals surface area contributed by atoms with E-state index in [4.69, 9.17) is 4.42 Å². The van der Waals surface area contributed by atoms with Crippen LogP contribution in [0.4, 0.5) is 6.01 Å². The second kappa shape index (κ2) is 4.40. The summed E-state index contributed by atoms with van der Waals surface area (Å²) in [6, 6.07) is 0.182. The first-order valence-corrected chi connectivity index (χ1v) is 5.44. The SMILES string of the molecule is CC(C)c1coc(NC(=O)c2cnsn2)n1. The van der Waals surface area contributed by atoms with Crippen LogP contribution in [0.5, 0.6) is 0 Å². The molecule has 1 N–H and O–H groups in total. The molecule has 1 amide bonds. The van der Waals surface area contributed by atoms with E-state index in [1.165, 1.54) is 12.5 Å². The molecule has 0 aliphatic heterocycles. The van der Waals surface area contributed by atoms with Gasteiger partial charge in [0.2, 0.25) is 0 Å². The van der Waals surface area contributed by atoms with Crippen LogP contribution in [-0.4, -0.2) is 19.6 Å². The van der Waals surface area contributed by atoms with Gasteiger partial charge in [-0.05, 0) is 5.92 Å². The van der Waals surface area contributed by atoms with Crippen molar-refractivity contribution in [1.29, 1.82) is 0 Å². The molecule has 0 unspecified atom stereocenters. The Kier molecular flexibility index (Phi) is 2.95. The summed E-state index contributed by atoms with van der Waals surface area (Å²) in [5.74, 6) is -0.110. The summed E-state index contributed by atoms with van der Waals surface area (Å²) in [6.07, 6.45) is 2.92. The molecule has 2 aromatic heterocycles. The number of oxazole rings is 1. The van der Waals surface area contributed by atoms with Gasteiger partial charge in [-0.25, -0.2) is 0 Å². The molecule has 0 aromatic carbocycles. The molecule has 2 heterocycles. The second-order valence-corrected chi connectivity index (χ2v) is 4.04. The first-order chi connectivity index (χ1) is 7.66. The normalized spacial score (nSPS) is 10.7. The van der Waals surface area contributed by atoms with Crippen LogP contribution in [0, 0.1) is 0 Å². The van der Waals surface area contributed by atoms with Gasteiger partial charge in [-0.1, -0.05) is 13.8 Å². The summed E-state index contributed by atoms with van der Waals surface area (Å²) < 4.78 is 12.6. The average molecular weight is 238 g/mol. The lowest BCUT2D eigenvalue weighted by Crippen LogP contribution is -2.12. The number of hydrogen-bond acceptors (Lipinski definition) is 6. The lowest BCUT2D eigenvalue weighted by atomic mass is 10.2. The van der Waals surface area contributed by atoms with Gasteiger partial charge in [0.1, 0.15) is 6.26 Å². The molecule has 6 nitrogen and oxygen atoms in total. The molecule has 0 radical (unpaired) electrons. The van der Waals surface area contributed by atoms with Crippen LogP contribution in [0.25, 0.3) is 0 Å². The van der Waals surface area contributed by atoms with Crippen LogP contribution in [0.15, 0.2) is 16.9 Å². The maximum atomic E-state index is 11.5. The molecular weight excluding hydrogens is 228 g/mol. The van der Waals surface area contributed by atoms with Crippen molar-refractivity contribution in [3.63, 3.8) is 0 Å². The lowest BCUT2D eigenvalue weighted by molar-refractivity contribution is 0.102. The van der Waals surface area contributed by atoms with Crippen molar-refractivity contribution in [2.75, 3.05) is 5.32 Å². The zero-order chi connectivity index (χ0) is 11.5. The fourth-order valence-electron chi connectivity index (χ4n) is 1.03. The minimum absolute atomic E-state index is 0.182. The number of amides is 1. The van der Waals surface area contributed by atoms with Gasteiger partial charge in [-0.3, -0.25) is 10.1 Å². The van der Waals surface area contributed by atoms with E-state index in [0.717, 1.165) is 17.4 Å². The standard InChI is InChI=1S/C9H10N4O2S/c1-5(2)7-4-15-9(11-7)12-8(14)6-3-10-16-13-6/h3-5H,1-2H3,(H,11,12,14).